The topological polar surface area (TPSA) is 58.2 Å². The fourth-order valence-electron chi connectivity index (χ4n) is 3.89. The van der Waals surface area contributed by atoms with Crippen molar-refractivity contribution in [1.29, 1.82) is 0 Å². The highest BCUT2D eigenvalue weighted by Gasteiger charge is 2.30. The molecule has 0 aliphatic heterocycles. The summed E-state index contributed by atoms with van der Waals surface area (Å²) in [6.07, 6.45) is 3.31. The number of anilines is 1. The first kappa shape index (κ1) is 21.0. The highest BCUT2D eigenvalue weighted by atomic mass is 19.1. The largest absolute Gasteiger partial charge is 0.356 e. The number of nitrogens with one attached hydrogen (secondary N) is 2. The molecule has 3 rings (SSSR count). The third-order valence-corrected chi connectivity index (χ3v) is 5.77. The second kappa shape index (κ2) is 9.68. The molecule has 0 unspecified atom stereocenters. The number of amides is 2. The SMILES string of the molecule is Cc1ccc(C)c(NC(=O)C2CCC(C(=O)NCCc3ccccc3F)CC2)c1. The molecule has 0 aromatic heterocycles. The predicted molar refractivity (Wildman–Crippen MR) is 113 cm³/mol. The molecule has 0 atom stereocenters. The maximum absolute atomic E-state index is 13.6. The maximum Gasteiger partial charge on any atom is 0.227 e. The highest BCUT2D eigenvalue weighted by Crippen LogP contribution is 2.30. The number of hydrogen-bond donors (Lipinski definition) is 2. The van der Waals surface area contributed by atoms with Gasteiger partial charge in [-0.05, 0) is 74.8 Å². The molecule has 0 spiro atoms. The smallest absolute Gasteiger partial charge is 0.227 e. The van der Waals surface area contributed by atoms with Crippen molar-refractivity contribution >= 4 is 17.5 Å². The van der Waals surface area contributed by atoms with Crippen LogP contribution in [0.4, 0.5) is 10.1 Å². The summed E-state index contributed by atoms with van der Waals surface area (Å²) in [5, 5.41) is 5.97. The van der Waals surface area contributed by atoms with Crippen LogP contribution in [-0.4, -0.2) is 18.4 Å². The van der Waals surface area contributed by atoms with Crippen molar-refractivity contribution in [3.63, 3.8) is 0 Å². The van der Waals surface area contributed by atoms with Crippen LogP contribution in [0.2, 0.25) is 0 Å². The van der Waals surface area contributed by atoms with Gasteiger partial charge in [-0.3, -0.25) is 9.59 Å². The summed E-state index contributed by atoms with van der Waals surface area (Å²) >= 11 is 0. The van der Waals surface area contributed by atoms with Gasteiger partial charge in [0, 0.05) is 24.1 Å². The molecule has 0 heterocycles. The van der Waals surface area contributed by atoms with Crippen LogP contribution >= 0.6 is 0 Å². The van der Waals surface area contributed by atoms with Crippen molar-refractivity contribution in [2.45, 2.75) is 46.0 Å². The molecule has 154 valence electrons. The van der Waals surface area contributed by atoms with Crippen molar-refractivity contribution in [3.05, 3.63) is 65.0 Å². The molecular formula is C24H29FN2O2. The average Bonchev–Trinajstić information content (AvgIpc) is 2.72. The fraction of sp³-hybridized carbons (Fsp3) is 0.417. The predicted octanol–water partition coefficient (Wildman–Crippen LogP) is 4.55. The van der Waals surface area contributed by atoms with E-state index in [1.165, 1.54) is 6.07 Å². The zero-order chi connectivity index (χ0) is 20.8. The van der Waals surface area contributed by atoms with Crippen LogP contribution in [0.5, 0.6) is 0 Å². The number of carbonyl (C=O) groups excluding carboxylic acids is 2. The molecule has 0 radical (unpaired) electrons. The Hall–Kier alpha value is -2.69. The van der Waals surface area contributed by atoms with E-state index in [1.54, 1.807) is 18.2 Å². The van der Waals surface area contributed by atoms with Crippen molar-refractivity contribution in [2.24, 2.45) is 11.8 Å². The van der Waals surface area contributed by atoms with Gasteiger partial charge in [0.05, 0.1) is 0 Å². The van der Waals surface area contributed by atoms with Crippen LogP contribution in [0.15, 0.2) is 42.5 Å². The summed E-state index contributed by atoms with van der Waals surface area (Å²) in [5.74, 6) is -0.318. The molecular weight excluding hydrogens is 367 g/mol. The zero-order valence-electron chi connectivity index (χ0n) is 17.1. The summed E-state index contributed by atoms with van der Waals surface area (Å²) in [5.41, 5.74) is 3.64. The number of rotatable bonds is 6. The Morgan fingerprint density at radius 1 is 0.966 bits per heavy atom. The van der Waals surface area contributed by atoms with Crippen molar-refractivity contribution in [3.8, 4) is 0 Å². The number of hydrogen-bond acceptors (Lipinski definition) is 2. The van der Waals surface area contributed by atoms with Crippen LogP contribution in [0, 0.1) is 31.5 Å². The first-order valence-electron chi connectivity index (χ1n) is 10.3. The molecule has 1 aliphatic carbocycles. The van der Waals surface area contributed by atoms with Crippen LogP contribution in [-0.2, 0) is 16.0 Å². The molecule has 5 heteroatoms. The van der Waals surface area contributed by atoms with Gasteiger partial charge in [0.15, 0.2) is 0 Å². The van der Waals surface area contributed by atoms with E-state index in [0.29, 0.717) is 44.2 Å². The maximum atomic E-state index is 13.6. The van der Waals surface area contributed by atoms with Crippen LogP contribution in [0.3, 0.4) is 0 Å². The van der Waals surface area contributed by atoms with Crippen molar-refractivity contribution in [2.75, 3.05) is 11.9 Å². The lowest BCUT2D eigenvalue weighted by atomic mass is 9.81. The molecule has 2 aromatic rings. The van der Waals surface area contributed by atoms with Gasteiger partial charge in [0.25, 0.3) is 0 Å². The van der Waals surface area contributed by atoms with Gasteiger partial charge < -0.3 is 10.6 Å². The van der Waals surface area contributed by atoms with E-state index in [4.69, 9.17) is 0 Å². The Morgan fingerprint density at radius 3 is 2.31 bits per heavy atom. The molecule has 4 nitrogen and oxygen atoms in total. The minimum atomic E-state index is -0.239. The van der Waals surface area contributed by atoms with Gasteiger partial charge >= 0.3 is 0 Å². The Balaban J connectivity index is 1.43. The van der Waals surface area contributed by atoms with Gasteiger partial charge in [-0.1, -0.05) is 30.3 Å². The van der Waals surface area contributed by atoms with Gasteiger partial charge in [-0.2, -0.15) is 0 Å². The molecule has 2 amide bonds. The van der Waals surface area contributed by atoms with E-state index in [0.717, 1.165) is 16.8 Å². The summed E-state index contributed by atoms with van der Waals surface area (Å²) < 4.78 is 13.6. The van der Waals surface area contributed by atoms with Crippen LogP contribution in [0.1, 0.15) is 42.4 Å². The summed E-state index contributed by atoms with van der Waals surface area (Å²) in [6.45, 7) is 4.41. The zero-order valence-corrected chi connectivity index (χ0v) is 17.1. The molecule has 2 aromatic carbocycles. The standard InChI is InChI=1S/C24H29FN2O2/c1-16-7-8-17(2)22(15-16)27-24(29)20-11-9-19(10-12-20)23(28)26-14-13-18-5-3-4-6-21(18)25/h3-8,15,19-20H,9-14H2,1-2H3,(H,26,28)(H,27,29). The average molecular weight is 397 g/mol. The molecule has 2 N–H and O–H groups in total. The summed E-state index contributed by atoms with van der Waals surface area (Å²) in [4.78, 5) is 25.0. The Morgan fingerprint density at radius 2 is 1.62 bits per heavy atom. The van der Waals surface area contributed by atoms with Gasteiger partial charge in [-0.25, -0.2) is 4.39 Å². The van der Waals surface area contributed by atoms with Crippen LogP contribution < -0.4 is 10.6 Å². The summed E-state index contributed by atoms with van der Waals surface area (Å²) in [7, 11) is 0. The van der Waals surface area contributed by atoms with E-state index in [1.807, 2.05) is 32.0 Å². The van der Waals surface area contributed by atoms with E-state index in [-0.39, 0.29) is 29.5 Å². The fourth-order valence-corrected chi connectivity index (χ4v) is 3.89. The number of carbonyl (C=O) groups is 2. The van der Waals surface area contributed by atoms with E-state index in [2.05, 4.69) is 10.6 Å². The Kier molecular flexibility index (Phi) is 7.02. The van der Waals surface area contributed by atoms with Crippen LogP contribution in [0.25, 0.3) is 0 Å². The Bertz CT molecular complexity index is 873. The second-order valence-electron chi connectivity index (χ2n) is 7.99. The van der Waals surface area contributed by atoms with Crippen molar-refractivity contribution in [1.82, 2.24) is 5.32 Å². The third-order valence-electron chi connectivity index (χ3n) is 5.77. The number of halogens is 1. The minimum absolute atomic E-state index is 0.00901. The molecule has 1 aliphatic rings. The quantitative estimate of drug-likeness (QED) is 0.753. The highest BCUT2D eigenvalue weighted by molar-refractivity contribution is 5.93. The first-order valence-corrected chi connectivity index (χ1v) is 10.3. The lowest BCUT2D eigenvalue weighted by Crippen LogP contribution is -2.36. The molecule has 29 heavy (non-hydrogen) atoms. The molecule has 0 bridgehead atoms. The number of aryl methyl sites for hydroxylation is 2. The lowest BCUT2D eigenvalue weighted by molar-refractivity contribution is -0.128. The molecule has 1 fully saturated rings. The normalized spacial score (nSPS) is 18.9. The minimum Gasteiger partial charge on any atom is -0.356 e. The molecule has 0 saturated heterocycles. The van der Waals surface area contributed by atoms with Gasteiger partial charge in [0.1, 0.15) is 5.82 Å². The molecule has 1 saturated carbocycles. The first-order chi connectivity index (χ1) is 13.9. The van der Waals surface area contributed by atoms with Crippen molar-refractivity contribution < 1.29 is 14.0 Å². The monoisotopic (exact) mass is 396 g/mol. The Labute approximate surface area is 171 Å². The van der Waals surface area contributed by atoms with E-state index >= 15 is 0 Å². The van der Waals surface area contributed by atoms with E-state index in [9.17, 15) is 14.0 Å². The number of benzene rings is 2. The van der Waals surface area contributed by atoms with Gasteiger partial charge in [0.2, 0.25) is 11.8 Å². The lowest BCUT2D eigenvalue weighted by Gasteiger charge is -2.27. The van der Waals surface area contributed by atoms with Gasteiger partial charge in [-0.15, -0.1) is 0 Å². The summed E-state index contributed by atoms with van der Waals surface area (Å²) in [6, 6.07) is 12.6. The second-order valence-corrected chi connectivity index (χ2v) is 7.99. The third kappa shape index (κ3) is 5.66. The van der Waals surface area contributed by atoms with E-state index < -0.39 is 0 Å².